The zero-order chi connectivity index (χ0) is 32.6. The summed E-state index contributed by atoms with van der Waals surface area (Å²) in [6.45, 7) is 0.937. The molecule has 0 aliphatic rings. The van der Waals surface area contributed by atoms with Crippen molar-refractivity contribution in [2.45, 2.75) is 30.8 Å². The number of ether oxygens (including phenoxy) is 4. The molecule has 3 aromatic carbocycles. The van der Waals surface area contributed by atoms with E-state index in [1.165, 1.54) is 76.8 Å². The summed E-state index contributed by atoms with van der Waals surface area (Å²) in [5, 5.41) is 3.26. The van der Waals surface area contributed by atoms with Crippen molar-refractivity contribution in [1.29, 1.82) is 0 Å². The van der Waals surface area contributed by atoms with Gasteiger partial charge >= 0.3 is 0 Å². The molecule has 0 bridgehead atoms. The largest absolute Gasteiger partial charge is 0.497 e. The minimum absolute atomic E-state index is 0.0347. The summed E-state index contributed by atoms with van der Waals surface area (Å²) in [6, 6.07) is 12.5. The maximum Gasteiger partial charge on any atom is 0.265 e. The summed E-state index contributed by atoms with van der Waals surface area (Å²) in [5.74, 6) is -0.146. The van der Waals surface area contributed by atoms with Crippen LogP contribution in [0.3, 0.4) is 0 Å². The number of hydrogen-bond acceptors (Lipinski definition) is 8. The third kappa shape index (κ3) is 7.61. The predicted molar refractivity (Wildman–Crippen MR) is 169 cm³/mol. The van der Waals surface area contributed by atoms with E-state index in [2.05, 4.69) is 5.32 Å². The van der Waals surface area contributed by atoms with E-state index in [1.807, 2.05) is 0 Å². The SMILES string of the molecule is CC[C@H](C(=O)NC)N(Cc1ccc(Cl)cc1Cl)C(=O)CN(c1cc(OC)ccc1OC)S(=O)(=O)c1ccc(OC)c(OC)c1. The number of carbonyl (C=O) groups is 2. The van der Waals surface area contributed by atoms with Crippen LogP contribution in [0.4, 0.5) is 5.69 Å². The lowest BCUT2D eigenvalue weighted by atomic mass is 10.1. The lowest BCUT2D eigenvalue weighted by Crippen LogP contribution is -2.51. The van der Waals surface area contributed by atoms with E-state index in [0.717, 1.165) is 4.31 Å². The van der Waals surface area contributed by atoms with Gasteiger partial charge in [-0.15, -0.1) is 0 Å². The number of hydrogen-bond donors (Lipinski definition) is 1. The summed E-state index contributed by atoms with van der Waals surface area (Å²) in [4.78, 5) is 28.3. The average Bonchev–Trinajstić information content (AvgIpc) is 3.03. The van der Waals surface area contributed by atoms with Gasteiger partial charge in [-0.2, -0.15) is 0 Å². The predicted octanol–water partition coefficient (Wildman–Crippen LogP) is 4.78. The highest BCUT2D eigenvalue weighted by atomic mass is 35.5. The number of methoxy groups -OCH3 is 4. The number of amides is 2. The molecule has 3 rings (SSSR count). The van der Waals surface area contributed by atoms with Crippen LogP contribution in [-0.2, 0) is 26.2 Å². The van der Waals surface area contributed by atoms with Crippen LogP contribution in [0.15, 0.2) is 59.5 Å². The molecule has 0 saturated heterocycles. The first kappa shape index (κ1) is 34.6. The van der Waals surface area contributed by atoms with Crippen molar-refractivity contribution in [2.24, 2.45) is 0 Å². The zero-order valence-electron chi connectivity index (χ0n) is 25.2. The van der Waals surface area contributed by atoms with Crippen LogP contribution in [0.25, 0.3) is 0 Å². The Kier molecular flexibility index (Phi) is 12.0. The summed E-state index contributed by atoms with van der Waals surface area (Å²) < 4.78 is 51.1. The Balaban J connectivity index is 2.21. The van der Waals surface area contributed by atoms with Gasteiger partial charge < -0.3 is 29.2 Å². The number of rotatable bonds is 14. The van der Waals surface area contributed by atoms with E-state index in [4.69, 9.17) is 42.1 Å². The van der Waals surface area contributed by atoms with E-state index >= 15 is 0 Å². The van der Waals surface area contributed by atoms with Crippen molar-refractivity contribution >= 4 is 50.7 Å². The number of anilines is 1. The van der Waals surface area contributed by atoms with Crippen molar-refractivity contribution in [1.82, 2.24) is 10.2 Å². The molecule has 0 saturated carbocycles. The molecule has 0 unspecified atom stereocenters. The Hall–Kier alpha value is -3.87. The molecule has 0 aromatic heterocycles. The normalized spacial score (nSPS) is 11.7. The fourth-order valence-corrected chi connectivity index (χ4v) is 6.43. The van der Waals surface area contributed by atoms with E-state index in [0.29, 0.717) is 22.1 Å². The van der Waals surface area contributed by atoms with Gasteiger partial charge in [-0.1, -0.05) is 36.2 Å². The van der Waals surface area contributed by atoms with Crippen molar-refractivity contribution in [3.8, 4) is 23.0 Å². The minimum atomic E-state index is -4.47. The van der Waals surface area contributed by atoms with Crippen molar-refractivity contribution in [3.63, 3.8) is 0 Å². The first-order valence-corrected chi connectivity index (χ1v) is 15.6. The molecule has 0 heterocycles. The summed E-state index contributed by atoms with van der Waals surface area (Å²) >= 11 is 12.5. The van der Waals surface area contributed by atoms with E-state index in [9.17, 15) is 18.0 Å². The zero-order valence-corrected chi connectivity index (χ0v) is 27.5. The molecule has 14 heteroatoms. The quantitative estimate of drug-likeness (QED) is 0.261. The van der Waals surface area contributed by atoms with Crippen molar-refractivity contribution in [2.75, 3.05) is 46.3 Å². The average molecular weight is 669 g/mol. The van der Waals surface area contributed by atoms with Crippen molar-refractivity contribution < 1.29 is 37.0 Å². The Morgan fingerprint density at radius 3 is 2.09 bits per heavy atom. The Bertz CT molecular complexity index is 1600. The number of halogens is 2. The molecule has 0 fully saturated rings. The van der Waals surface area contributed by atoms with Crippen molar-refractivity contribution in [3.05, 3.63) is 70.2 Å². The van der Waals surface area contributed by atoms with Gasteiger partial charge in [0.1, 0.15) is 24.1 Å². The Morgan fingerprint density at radius 2 is 1.52 bits per heavy atom. The lowest BCUT2D eigenvalue weighted by molar-refractivity contribution is -0.140. The van der Waals surface area contributed by atoms with Gasteiger partial charge in [-0.3, -0.25) is 13.9 Å². The fraction of sp³-hybridized carbons (Fsp3) is 0.333. The smallest absolute Gasteiger partial charge is 0.265 e. The van der Waals surface area contributed by atoms with Crippen LogP contribution in [0.2, 0.25) is 10.0 Å². The second-order valence-corrected chi connectivity index (χ2v) is 12.1. The first-order chi connectivity index (χ1) is 20.9. The lowest BCUT2D eigenvalue weighted by Gasteiger charge is -2.33. The van der Waals surface area contributed by atoms with Crippen LogP contribution in [0, 0.1) is 0 Å². The van der Waals surface area contributed by atoms with Gasteiger partial charge in [-0.25, -0.2) is 8.42 Å². The second-order valence-electron chi connectivity index (χ2n) is 9.36. The van der Waals surface area contributed by atoms with Gasteiger partial charge in [0.15, 0.2) is 11.5 Å². The highest BCUT2D eigenvalue weighted by Gasteiger charge is 2.35. The van der Waals surface area contributed by atoms with Crippen LogP contribution >= 0.6 is 23.2 Å². The molecule has 0 radical (unpaired) electrons. The molecule has 11 nitrogen and oxygen atoms in total. The maximum atomic E-state index is 14.4. The number of benzene rings is 3. The molecule has 1 atom stereocenters. The second kappa shape index (κ2) is 15.2. The number of carbonyl (C=O) groups excluding carboxylic acids is 2. The molecule has 0 aliphatic heterocycles. The highest BCUT2D eigenvalue weighted by Crippen LogP contribution is 2.38. The fourth-order valence-electron chi connectivity index (χ4n) is 4.53. The molecule has 0 aliphatic carbocycles. The van der Waals surface area contributed by atoms with E-state index in [1.54, 1.807) is 25.1 Å². The number of sulfonamides is 1. The van der Waals surface area contributed by atoms with Crippen LogP contribution in [0.1, 0.15) is 18.9 Å². The Morgan fingerprint density at radius 1 is 0.864 bits per heavy atom. The van der Waals surface area contributed by atoms with Gasteiger partial charge in [0.25, 0.3) is 10.0 Å². The molecule has 44 heavy (non-hydrogen) atoms. The van der Waals surface area contributed by atoms with Crippen LogP contribution in [0.5, 0.6) is 23.0 Å². The topological polar surface area (TPSA) is 124 Å². The highest BCUT2D eigenvalue weighted by molar-refractivity contribution is 7.92. The summed E-state index contributed by atoms with van der Waals surface area (Å²) in [7, 11) is 2.59. The molecule has 0 spiro atoms. The monoisotopic (exact) mass is 667 g/mol. The number of nitrogens with zero attached hydrogens (tertiary/aromatic N) is 2. The van der Waals surface area contributed by atoms with Gasteiger partial charge in [0.05, 0.1) is 39.0 Å². The van der Waals surface area contributed by atoms with Gasteiger partial charge in [0.2, 0.25) is 11.8 Å². The van der Waals surface area contributed by atoms with E-state index in [-0.39, 0.29) is 40.1 Å². The third-order valence-electron chi connectivity index (χ3n) is 6.86. The molecular weight excluding hydrogens is 633 g/mol. The van der Waals surface area contributed by atoms with Crippen LogP contribution < -0.4 is 28.6 Å². The van der Waals surface area contributed by atoms with Crippen LogP contribution in [-0.4, -0.2) is 73.2 Å². The molecular formula is C30H35Cl2N3O8S. The third-order valence-corrected chi connectivity index (χ3v) is 9.21. The summed E-state index contributed by atoms with van der Waals surface area (Å²) in [5.41, 5.74) is 0.549. The molecule has 238 valence electrons. The van der Waals surface area contributed by atoms with E-state index < -0.39 is 34.4 Å². The van der Waals surface area contributed by atoms with Gasteiger partial charge in [0, 0.05) is 35.8 Å². The molecule has 1 N–H and O–H groups in total. The van der Waals surface area contributed by atoms with Gasteiger partial charge in [-0.05, 0) is 48.4 Å². The maximum absolute atomic E-state index is 14.4. The molecule has 3 aromatic rings. The standard InChI is InChI=1S/C30H35Cl2N3O8S/c1-7-24(30(37)33-2)34(17-19-8-9-20(31)14-23(19)32)29(36)18-35(25-15-21(40-3)10-12-26(25)41-4)44(38,39)22-11-13-27(42-5)28(16-22)43-6/h8-16,24H,7,17-18H2,1-6H3,(H,33,37)/t24-/m1/s1. The number of nitrogens with one attached hydrogen (secondary N) is 1. The minimum Gasteiger partial charge on any atom is -0.497 e. The molecule has 2 amide bonds. The first-order valence-electron chi connectivity index (χ1n) is 13.4. The summed E-state index contributed by atoms with van der Waals surface area (Å²) in [6.07, 6.45) is 0.238. The number of likely N-dealkylation sites (N-methyl/N-ethyl adjacent to an activating group) is 1. The Labute approximate surface area is 267 Å².